The van der Waals surface area contributed by atoms with Gasteiger partial charge in [0.25, 0.3) is 0 Å². The molecule has 0 amide bonds. The van der Waals surface area contributed by atoms with Crippen LogP contribution in [0.5, 0.6) is 11.5 Å². The third-order valence-electron chi connectivity index (χ3n) is 3.75. The summed E-state index contributed by atoms with van der Waals surface area (Å²) in [5.74, 6) is -0.362. The smallest absolute Gasteiger partial charge is 0.748 e. The van der Waals surface area contributed by atoms with Gasteiger partial charge in [-0.05, 0) is 29.8 Å². The molecule has 0 aromatic heterocycles. The summed E-state index contributed by atoms with van der Waals surface area (Å²) in [6, 6.07) is 4.64. The number of nitrogens with one attached hydrogen (secondary N) is 1. The van der Waals surface area contributed by atoms with Crippen LogP contribution >= 0.6 is 12.1 Å². The van der Waals surface area contributed by atoms with Crippen molar-refractivity contribution in [1.29, 1.82) is 0 Å². The van der Waals surface area contributed by atoms with E-state index in [2.05, 4.69) is 4.72 Å². The number of hydrogen-bond donors (Lipinski definition) is 1. The second-order valence-electron chi connectivity index (χ2n) is 5.42. The Bertz CT molecular complexity index is 956. The van der Waals surface area contributed by atoms with E-state index >= 15 is 0 Å². The molecule has 0 saturated carbocycles. The molecule has 11 heteroatoms. The van der Waals surface area contributed by atoms with Crippen molar-refractivity contribution < 1.29 is 56.8 Å². The maximum atomic E-state index is 13.0. The van der Waals surface area contributed by atoms with E-state index in [1.165, 1.54) is 44.7 Å². The first-order valence-corrected chi connectivity index (χ1v) is 9.72. The molecule has 0 radical (unpaired) electrons. The molecular weight excluding hydrogens is 403 g/mol. The topological polar surface area (TPSA) is 108 Å². The van der Waals surface area contributed by atoms with Gasteiger partial charge in [0, 0.05) is 23.5 Å². The first-order chi connectivity index (χ1) is 12.3. The summed E-state index contributed by atoms with van der Waals surface area (Å²) in [7, 11) is -1.62. The Morgan fingerprint density at radius 2 is 1.96 bits per heavy atom. The molecule has 1 aromatic rings. The Balaban J connectivity index is 0.00000261. The van der Waals surface area contributed by atoms with Crippen molar-refractivity contribution in [2.75, 3.05) is 20.0 Å². The fraction of sp³-hybridized carbons (Fsp3) is 0.188. The SMILES string of the molecule is COc1ccc(C(=O)C2=CN3SNC=C3C=C2CS(=O)(=O)[O-])cc1OC.[Na+]. The standard InChI is InChI=1S/C16H16N2O6S2.Na/c1-23-14-4-3-10(6-15(14)24-2)16(19)13-8-18-12(7-17-25-18)5-11(13)9-26(20,21)22;/h3-8,17H,9H2,1-2H3,(H,20,21,22);/q;+1/p-1. The molecule has 0 bridgehead atoms. The summed E-state index contributed by atoms with van der Waals surface area (Å²) in [6.45, 7) is 0. The number of allylic oxidation sites excluding steroid dienone is 2. The van der Waals surface area contributed by atoms with Crippen LogP contribution in [0.3, 0.4) is 0 Å². The van der Waals surface area contributed by atoms with Crippen LogP contribution in [0.1, 0.15) is 10.4 Å². The summed E-state index contributed by atoms with van der Waals surface area (Å²) < 4.78 is 48.7. The van der Waals surface area contributed by atoms with Gasteiger partial charge in [-0.1, -0.05) is 0 Å². The summed E-state index contributed by atoms with van der Waals surface area (Å²) >= 11 is 1.22. The van der Waals surface area contributed by atoms with E-state index in [-0.39, 0.29) is 46.3 Å². The van der Waals surface area contributed by atoms with E-state index in [0.717, 1.165) is 0 Å². The maximum absolute atomic E-state index is 13.0. The van der Waals surface area contributed by atoms with Crippen molar-refractivity contribution in [2.24, 2.45) is 0 Å². The number of ketones is 1. The Kier molecular flexibility index (Phi) is 7.06. The minimum atomic E-state index is -4.55. The van der Waals surface area contributed by atoms with E-state index in [4.69, 9.17) is 9.47 Å². The molecule has 1 aromatic carbocycles. The van der Waals surface area contributed by atoms with E-state index in [1.54, 1.807) is 22.6 Å². The Hall–Kier alpha value is -1.43. The van der Waals surface area contributed by atoms with E-state index < -0.39 is 21.7 Å². The van der Waals surface area contributed by atoms with Crippen molar-refractivity contribution in [3.8, 4) is 11.5 Å². The number of ether oxygens (including phenoxy) is 2. The van der Waals surface area contributed by atoms with Crippen LogP contribution in [0, 0.1) is 0 Å². The molecule has 138 valence electrons. The number of carbonyl (C=O) groups is 1. The Morgan fingerprint density at radius 3 is 2.59 bits per heavy atom. The molecule has 0 aliphatic carbocycles. The molecule has 0 atom stereocenters. The molecule has 3 rings (SSSR count). The predicted molar refractivity (Wildman–Crippen MR) is 95.3 cm³/mol. The van der Waals surface area contributed by atoms with E-state index in [0.29, 0.717) is 17.2 Å². The average Bonchev–Trinajstić information content (AvgIpc) is 3.05. The number of benzene rings is 1. The van der Waals surface area contributed by atoms with Crippen molar-refractivity contribution in [2.45, 2.75) is 0 Å². The second-order valence-corrected chi connectivity index (χ2v) is 7.63. The number of carbonyl (C=O) groups excluding carboxylic acids is 1. The number of nitrogens with zero attached hydrogens (tertiary/aromatic N) is 1. The number of rotatable bonds is 6. The van der Waals surface area contributed by atoms with E-state index in [1.807, 2.05) is 0 Å². The van der Waals surface area contributed by atoms with Crippen molar-refractivity contribution >= 4 is 28.0 Å². The molecule has 1 N–H and O–H groups in total. The predicted octanol–water partition coefficient (Wildman–Crippen LogP) is -1.43. The van der Waals surface area contributed by atoms with Crippen molar-refractivity contribution in [1.82, 2.24) is 9.03 Å². The number of methoxy groups -OCH3 is 2. The summed E-state index contributed by atoms with van der Waals surface area (Å²) in [4.78, 5) is 13.0. The van der Waals surface area contributed by atoms with Crippen LogP contribution in [-0.2, 0) is 10.1 Å². The zero-order valence-corrected chi connectivity index (χ0v) is 18.5. The van der Waals surface area contributed by atoms with Gasteiger partial charge in [-0.25, -0.2) is 8.42 Å². The minimum absolute atomic E-state index is 0. The molecule has 27 heavy (non-hydrogen) atoms. The Labute approximate surface area is 183 Å². The van der Waals surface area contributed by atoms with Gasteiger partial charge in [0.2, 0.25) is 0 Å². The van der Waals surface area contributed by atoms with Crippen LogP contribution in [0.2, 0.25) is 0 Å². The molecule has 0 saturated heterocycles. The number of hydrogen-bond acceptors (Lipinski definition) is 9. The van der Waals surface area contributed by atoms with Gasteiger partial charge in [0.1, 0.15) is 0 Å². The largest absolute Gasteiger partial charge is 1.00 e. The zero-order valence-electron chi connectivity index (χ0n) is 14.9. The van der Waals surface area contributed by atoms with Gasteiger partial charge < -0.3 is 18.7 Å². The summed E-state index contributed by atoms with van der Waals surface area (Å²) in [5.41, 5.74) is 1.21. The zero-order chi connectivity index (χ0) is 18.9. The normalized spacial score (nSPS) is 15.5. The molecule has 8 nitrogen and oxygen atoms in total. The van der Waals surface area contributed by atoms with Crippen molar-refractivity contribution in [3.63, 3.8) is 0 Å². The second kappa shape index (κ2) is 8.72. The van der Waals surface area contributed by atoms with Crippen molar-refractivity contribution in [3.05, 3.63) is 59.1 Å². The molecule has 0 fully saturated rings. The van der Waals surface area contributed by atoms with Gasteiger partial charge in [0.05, 0.1) is 47.9 Å². The maximum Gasteiger partial charge on any atom is 1.00 e. The van der Waals surface area contributed by atoms with E-state index in [9.17, 15) is 17.8 Å². The quantitative estimate of drug-likeness (QED) is 0.257. The van der Waals surface area contributed by atoms with Crippen LogP contribution < -0.4 is 43.8 Å². The summed E-state index contributed by atoms with van der Waals surface area (Å²) in [5, 5.41) is 0. The number of fused-ring (bicyclic) bond motifs is 1. The van der Waals surface area contributed by atoms with Crippen LogP contribution in [0.25, 0.3) is 0 Å². The Morgan fingerprint density at radius 1 is 1.26 bits per heavy atom. The van der Waals surface area contributed by atoms with Crippen LogP contribution in [-0.4, -0.2) is 43.0 Å². The molecule has 2 aliphatic heterocycles. The average molecular weight is 418 g/mol. The van der Waals surface area contributed by atoms with Gasteiger partial charge >= 0.3 is 29.6 Å². The molecule has 0 unspecified atom stereocenters. The first kappa shape index (κ1) is 21.9. The minimum Gasteiger partial charge on any atom is -0.748 e. The van der Waals surface area contributed by atoms with Crippen LogP contribution in [0.15, 0.2) is 53.5 Å². The fourth-order valence-electron chi connectivity index (χ4n) is 2.57. The monoisotopic (exact) mass is 418 g/mol. The van der Waals surface area contributed by atoms with Gasteiger partial charge in [0.15, 0.2) is 17.3 Å². The number of Topliss-reactive ketones (excluding diaryl/α,β-unsaturated/α-hetero) is 1. The third-order valence-corrected chi connectivity index (χ3v) is 5.15. The third kappa shape index (κ3) is 4.89. The molecule has 2 heterocycles. The molecule has 2 aliphatic rings. The van der Waals surface area contributed by atoms with Crippen LogP contribution in [0.4, 0.5) is 0 Å². The molecular formula is C16H15N2NaO6S2. The summed E-state index contributed by atoms with van der Waals surface area (Å²) in [6.07, 6.45) is 4.67. The van der Waals surface area contributed by atoms with Gasteiger partial charge in [-0.15, -0.1) is 0 Å². The van der Waals surface area contributed by atoms with Gasteiger partial charge in [-0.3, -0.25) is 9.10 Å². The fourth-order valence-corrected chi connectivity index (χ4v) is 3.85. The molecule has 0 spiro atoms. The van der Waals surface area contributed by atoms with Gasteiger partial charge in [-0.2, -0.15) is 0 Å². The first-order valence-electron chi connectivity index (χ1n) is 7.37.